The number of rotatable bonds is 3. The van der Waals surface area contributed by atoms with Crippen molar-refractivity contribution in [3.63, 3.8) is 0 Å². The Labute approximate surface area is 116 Å². The number of benzene rings is 1. The van der Waals surface area contributed by atoms with E-state index in [0.29, 0.717) is 23.4 Å². The highest BCUT2D eigenvalue weighted by Gasteiger charge is 2.22. The zero-order valence-corrected chi connectivity index (χ0v) is 11.6. The number of hydrogen-bond acceptors (Lipinski definition) is 3. The summed E-state index contributed by atoms with van der Waals surface area (Å²) in [6, 6.07) is 4.49. The predicted molar refractivity (Wildman–Crippen MR) is 71.3 cm³/mol. The SMILES string of the molecule is CCc1nnc(C)cc1C(O)c1ccc(C)c(F)c1F. The fourth-order valence-corrected chi connectivity index (χ4v) is 2.09. The van der Waals surface area contributed by atoms with Gasteiger partial charge in [0.1, 0.15) is 6.10 Å². The molecule has 0 spiro atoms. The topological polar surface area (TPSA) is 46.0 Å². The molecule has 2 rings (SSSR count). The van der Waals surface area contributed by atoms with Gasteiger partial charge in [-0.3, -0.25) is 0 Å². The molecule has 1 aromatic heterocycles. The van der Waals surface area contributed by atoms with Gasteiger partial charge in [-0.15, -0.1) is 0 Å². The van der Waals surface area contributed by atoms with Gasteiger partial charge in [0, 0.05) is 11.1 Å². The molecule has 1 aromatic carbocycles. The number of aromatic nitrogens is 2. The van der Waals surface area contributed by atoms with Crippen molar-refractivity contribution in [2.24, 2.45) is 0 Å². The molecule has 0 aliphatic carbocycles. The molecule has 5 heteroatoms. The molecule has 0 bridgehead atoms. The Bertz CT molecular complexity index is 644. The van der Waals surface area contributed by atoms with Crippen LogP contribution in [0, 0.1) is 25.5 Å². The van der Waals surface area contributed by atoms with Gasteiger partial charge in [0.05, 0.1) is 11.4 Å². The first-order valence-corrected chi connectivity index (χ1v) is 6.41. The number of nitrogens with zero attached hydrogens (tertiary/aromatic N) is 2. The zero-order chi connectivity index (χ0) is 14.9. The summed E-state index contributed by atoms with van der Waals surface area (Å²) in [5.74, 6) is -1.95. The summed E-state index contributed by atoms with van der Waals surface area (Å²) in [4.78, 5) is 0. The second-order valence-electron chi connectivity index (χ2n) is 4.74. The molecule has 0 aliphatic heterocycles. The van der Waals surface area contributed by atoms with E-state index < -0.39 is 17.7 Å². The molecule has 1 unspecified atom stereocenters. The van der Waals surface area contributed by atoms with E-state index in [2.05, 4.69) is 10.2 Å². The molecule has 20 heavy (non-hydrogen) atoms. The second-order valence-corrected chi connectivity index (χ2v) is 4.74. The average molecular weight is 278 g/mol. The van der Waals surface area contributed by atoms with Crippen molar-refractivity contribution in [2.45, 2.75) is 33.3 Å². The van der Waals surface area contributed by atoms with Crippen LogP contribution in [0.3, 0.4) is 0 Å². The van der Waals surface area contributed by atoms with Crippen LogP contribution < -0.4 is 0 Å². The monoisotopic (exact) mass is 278 g/mol. The predicted octanol–water partition coefficient (Wildman–Crippen LogP) is 3.02. The molecule has 1 N–H and O–H groups in total. The normalized spacial score (nSPS) is 12.5. The van der Waals surface area contributed by atoms with Crippen molar-refractivity contribution in [2.75, 3.05) is 0 Å². The maximum Gasteiger partial charge on any atom is 0.165 e. The van der Waals surface area contributed by atoms with Crippen molar-refractivity contribution < 1.29 is 13.9 Å². The third-order valence-electron chi connectivity index (χ3n) is 3.26. The Morgan fingerprint density at radius 3 is 2.45 bits per heavy atom. The summed E-state index contributed by atoms with van der Waals surface area (Å²) in [6.07, 6.45) is -0.704. The first kappa shape index (κ1) is 14.5. The molecule has 2 aromatic rings. The standard InChI is InChI=1S/C15H16F2N2O/c1-4-12-11(7-9(3)18-19-12)15(20)10-6-5-8(2)13(16)14(10)17/h5-7,15,20H,4H2,1-3H3. The van der Waals surface area contributed by atoms with E-state index in [0.717, 1.165) is 0 Å². The van der Waals surface area contributed by atoms with Crippen LogP contribution in [0.5, 0.6) is 0 Å². The summed E-state index contributed by atoms with van der Waals surface area (Å²) in [7, 11) is 0. The molecule has 0 radical (unpaired) electrons. The van der Waals surface area contributed by atoms with Crippen molar-refractivity contribution in [3.8, 4) is 0 Å². The highest BCUT2D eigenvalue weighted by Crippen LogP contribution is 2.28. The molecule has 0 saturated carbocycles. The van der Waals surface area contributed by atoms with E-state index in [4.69, 9.17) is 0 Å². The Morgan fingerprint density at radius 1 is 1.10 bits per heavy atom. The Hall–Kier alpha value is -1.88. The minimum Gasteiger partial charge on any atom is -0.383 e. The summed E-state index contributed by atoms with van der Waals surface area (Å²) in [5, 5.41) is 18.2. The first-order chi connectivity index (χ1) is 9.45. The van der Waals surface area contributed by atoms with Crippen LogP contribution in [0.2, 0.25) is 0 Å². The zero-order valence-electron chi connectivity index (χ0n) is 11.6. The number of aliphatic hydroxyl groups is 1. The van der Waals surface area contributed by atoms with E-state index in [9.17, 15) is 13.9 Å². The van der Waals surface area contributed by atoms with Gasteiger partial charge in [-0.25, -0.2) is 8.78 Å². The lowest BCUT2D eigenvalue weighted by molar-refractivity contribution is 0.211. The molecule has 1 heterocycles. The lowest BCUT2D eigenvalue weighted by Gasteiger charge is -2.16. The number of hydrogen-bond donors (Lipinski definition) is 1. The van der Waals surface area contributed by atoms with Gasteiger partial charge >= 0.3 is 0 Å². The Balaban J connectivity index is 2.54. The van der Waals surface area contributed by atoms with E-state index >= 15 is 0 Å². The maximum absolute atomic E-state index is 14.0. The largest absolute Gasteiger partial charge is 0.383 e. The van der Waals surface area contributed by atoms with Gasteiger partial charge < -0.3 is 5.11 Å². The Kier molecular flexibility index (Phi) is 4.09. The van der Waals surface area contributed by atoms with Gasteiger partial charge in [-0.1, -0.05) is 19.1 Å². The van der Waals surface area contributed by atoms with Crippen LogP contribution in [0.15, 0.2) is 18.2 Å². The van der Waals surface area contributed by atoms with Crippen molar-refractivity contribution in [1.82, 2.24) is 10.2 Å². The Morgan fingerprint density at radius 2 is 1.80 bits per heavy atom. The maximum atomic E-state index is 14.0. The van der Waals surface area contributed by atoms with Crippen LogP contribution >= 0.6 is 0 Å². The van der Waals surface area contributed by atoms with E-state index in [-0.39, 0.29) is 11.1 Å². The number of aryl methyl sites for hydroxylation is 3. The highest BCUT2D eigenvalue weighted by atomic mass is 19.2. The number of aliphatic hydroxyl groups excluding tert-OH is 1. The summed E-state index contributed by atoms with van der Waals surface area (Å²) in [6.45, 7) is 5.07. The van der Waals surface area contributed by atoms with Crippen molar-refractivity contribution in [1.29, 1.82) is 0 Å². The second kappa shape index (κ2) is 5.63. The van der Waals surface area contributed by atoms with Gasteiger partial charge in [0.25, 0.3) is 0 Å². The average Bonchev–Trinajstić information content (AvgIpc) is 2.44. The first-order valence-electron chi connectivity index (χ1n) is 6.41. The molecule has 1 atom stereocenters. The quantitative estimate of drug-likeness (QED) is 0.938. The van der Waals surface area contributed by atoms with Crippen LogP contribution in [-0.4, -0.2) is 15.3 Å². The third kappa shape index (κ3) is 2.54. The lowest BCUT2D eigenvalue weighted by Crippen LogP contribution is -2.10. The number of halogens is 2. The third-order valence-corrected chi connectivity index (χ3v) is 3.26. The molecule has 106 valence electrons. The summed E-state index contributed by atoms with van der Waals surface area (Å²) >= 11 is 0. The summed E-state index contributed by atoms with van der Waals surface area (Å²) in [5.41, 5.74) is 1.77. The molecular weight excluding hydrogens is 262 g/mol. The van der Waals surface area contributed by atoms with Crippen LogP contribution in [0.25, 0.3) is 0 Å². The molecule has 3 nitrogen and oxygen atoms in total. The van der Waals surface area contributed by atoms with Crippen molar-refractivity contribution >= 4 is 0 Å². The van der Waals surface area contributed by atoms with Gasteiger partial charge in [0.2, 0.25) is 0 Å². The van der Waals surface area contributed by atoms with Crippen LogP contribution in [0.1, 0.15) is 41.1 Å². The van der Waals surface area contributed by atoms with Crippen LogP contribution in [-0.2, 0) is 6.42 Å². The molecule has 0 saturated heterocycles. The van der Waals surface area contributed by atoms with Crippen LogP contribution in [0.4, 0.5) is 8.78 Å². The van der Waals surface area contributed by atoms with E-state index in [1.807, 2.05) is 6.92 Å². The van der Waals surface area contributed by atoms with Gasteiger partial charge in [0.15, 0.2) is 11.6 Å². The molecule has 0 amide bonds. The van der Waals surface area contributed by atoms with Gasteiger partial charge in [-0.05, 0) is 31.9 Å². The minimum atomic E-state index is -1.26. The molecule has 0 fully saturated rings. The van der Waals surface area contributed by atoms with E-state index in [1.54, 1.807) is 13.0 Å². The lowest BCUT2D eigenvalue weighted by atomic mass is 9.97. The summed E-state index contributed by atoms with van der Waals surface area (Å²) < 4.78 is 27.6. The van der Waals surface area contributed by atoms with E-state index in [1.165, 1.54) is 19.1 Å². The van der Waals surface area contributed by atoms with Crippen molar-refractivity contribution in [3.05, 3.63) is 57.9 Å². The highest BCUT2D eigenvalue weighted by molar-refractivity contribution is 5.35. The minimum absolute atomic E-state index is 0.0878. The fraction of sp³-hybridized carbons (Fsp3) is 0.333. The fourth-order valence-electron chi connectivity index (χ4n) is 2.09. The van der Waals surface area contributed by atoms with Gasteiger partial charge in [-0.2, -0.15) is 10.2 Å². The molecular formula is C15H16F2N2O. The molecule has 0 aliphatic rings. The smallest absolute Gasteiger partial charge is 0.165 e.